The Morgan fingerprint density at radius 1 is 1.00 bits per heavy atom. The van der Waals surface area contributed by atoms with E-state index in [0.717, 1.165) is 49.5 Å². The molecule has 0 saturated carbocycles. The van der Waals surface area contributed by atoms with Crippen molar-refractivity contribution in [3.63, 3.8) is 0 Å². The van der Waals surface area contributed by atoms with Gasteiger partial charge in [-0.05, 0) is 44.4 Å². The number of rotatable bonds is 7. The quantitative estimate of drug-likeness (QED) is 0.764. The molecule has 6 nitrogen and oxygen atoms in total. The Kier molecular flexibility index (Phi) is 6.04. The van der Waals surface area contributed by atoms with E-state index in [1.165, 1.54) is 5.56 Å². The second kappa shape index (κ2) is 8.88. The van der Waals surface area contributed by atoms with Crippen molar-refractivity contribution in [2.45, 2.75) is 38.8 Å². The van der Waals surface area contributed by atoms with Crippen molar-refractivity contribution in [2.24, 2.45) is 4.99 Å². The van der Waals surface area contributed by atoms with Crippen molar-refractivity contribution in [3.05, 3.63) is 59.7 Å². The fraction of sp³-hybridized carbons (Fsp3) is 0.417. The highest BCUT2D eigenvalue weighted by atomic mass is 16.5. The molecule has 0 radical (unpaired) electrons. The van der Waals surface area contributed by atoms with E-state index in [1.54, 1.807) is 0 Å². The Hall–Kier alpha value is -2.86. The summed E-state index contributed by atoms with van der Waals surface area (Å²) < 4.78 is 11.4. The Bertz CT molecular complexity index is 919. The van der Waals surface area contributed by atoms with Gasteiger partial charge in [-0.1, -0.05) is 36.4 Å². The molecule has 0 aromatic heterocycles. The van der Waals surface area contributed by atoms with Crippen molar-refractivity contribution in [1.82, 2.24) is 10.2 Å². The van der Waals surface area contributed by atoms with Gasteiger partial charge in [-0.2, -0.15) is 0 Å². The first kappa shape index (κ1) is 20.4. The summed E-state index contributed by atoms with van der Waals surface area (Å²) in [6.07, 6.45) is 1.45. The molecule has 6 heteroatoms. The second-order valence-electron chi connectivity index (χ2n) is 7.74. The lowest BCUT2D eigenvalue weighted by atomic mass is 9.88. The van der Waals surface area contributed by atoms with E-state index in [9.17, 15) is 4.79 Å². The lowest BCUT2D eigenvalue weighted by Crippen LogP contribution is -2.48. The smallest absolute Gasteiger partial charge is 0.253 e. The monoisotopic (exact) mass is 407 g/mol. The van der Waals surface area contributed by atoms with Crippen LogP contribution >= 0.6 is 0 Å². The maximum Gasteiger partial charge on any atom is 0.253 e. The van der Waals surface area contributed by atoms with Crippen molar-refractivity contribution >= 4 is 11.7 Å². The summed E-state index contributed by atoms with van der Waals surface area (Å²) in [7, 11) is 0. The van der Waals surface area contributed by atoms with E-state index < -0.39 is 5.54 Å². The number of hydrogen-bond donors (Lipinski definition) is 1. The van der Waals surface area contributed by atoms with Crippen molar-refractivity contribution in [1.29, 1.82) is 0 Å². The molecule has 1 amide bonds. The number of nitrogens with zero attached hydrogens (tertiary/aromatic N) is 2. The number of nitrogens with one attached hydrogen (secondary N) is 1. The number of aliphatic imine (C=N–C) groups is 1. The van der Waals surface area contributed by atoms with Crippen LogP contribution in [0.4, 0.5) is 0 Å². The molecule has 0 aliphatic carbocycles. The van der Waals surface area contributed by atoms with Crippen LogP contribution in [0.1, 0.15) is 37.8 Å². The van der Waals surface area contributed by atoms with Gasteiger partial charge in [-0.15, -0.1) is 0 Å². The molecular formula is C24H29N3O3. The number of amidine groups is 1. The van der Waals surface area contributed by atoms with Gasteiger partial charge >= 0.3 is 0 Å². The number of ether oxygens (including phenoxy) is 2. The third-order valence-corrected chi connectivity index (χ3v) is 5.72. The predicted molar refractivity (Wildman–Crippen MR) is 117 cm³/mol. The molecule has 1 saturated heterocycles. The van der Waals surface area contributed by atoms with Crippen LogP contribution in [0.2, 0.25) is 0 Å². The molecule has 0 atom stereocenters. The Morgan fingerprint density at radius 2 is 1.70 bits per heavy atom. The van der Waals surface area contributed by atoms with Crippen LogP contribution in [0.25, 0.3) is 0 Å². The van der Waals surface area contributed by atoms with Crippen LogP contribution in [0.5, 0.6) is 11.5 Å². The topological polar surface area (TPSA) is 63.2 Å². The average Bonchev–Trinajstić information content (AvgIpc) is 3.08. The summed E-state index contributed by atoms with van der Waals surface area (Å²) in [4.78, 5) is 20.0. The van der Waals surface area contributed by atoms with Gasteiger partial charge in [0.2, 0.25) is 0 Å². The minimum Gasteiger partial charge on any atom is -0.490 e. The summed E-state index contributed by atoms with van der Waals surface area (Å²) in [5.41, 5.74) is 1.52. The number of hydrogen-bond acceptors (Lipinski definition) is 5. The lowest BCUT2D eigenvalue weighted by molar-refractivity contribution is -0.125. The molecule has 0 bridgehead atoms. The molecule has 158 valence electrons. The summed E-state index contributed by atoms with van der Waals surface area (Å²) >= 11 is 0. The molecule has 2 aromatic rings. The summed E-state index contributed by atoms with van der Waals surface area (Å²) in [5.74, 6) is 2.30. The van der Waals surface area contributed by atoms with Crippen LogP contribution in [0, 0.1) is 0 Å². The molecule has 30 heavy (non-hydrogen) atoms. The number of likely N-dealkylation sites (tertiary alicyclic amines) is 1. The van der Waals surface area contributed by atoms with Gasteiger partial charge in [-0.3, -0.25) is 14.7 Å². The van der Waals surface area contributed by atoms with Gasteiger partial charge in [0, 0.05) is 25.2 Å². The van der Waals surface area contributed by atoms with Crippen LogP contribution in [0.15, 0.2) is 53.5 Å². The lowest BCUT2D eigenvalue weighted by Gasteiger charge is -2.35. The predicted octanol–water partition coefficient (Wildman–Crippen LogP) is 3.40. The molecule has 1 spiro atoms. The molecule has 1 N–H and O–H groups in total. The van der Waals surface area contributed by atoms with E-state index in [-0.39, 0.29) is 5.91 Å². The van der Waals surface area contributed by atoms with Gasteiger partial charge in [0.25, 0.3) is 5.91 Å². The zero-order valence-electron chi connectivity index (χ0n) is 17.7. The molecule has 2 heterocycles. The molecule has 2 aliphatic rings. The molecule has 2 aromatic carbocycles. The highest BCUT2D eigenvalue weighted by molar-refractivity contribution is 6.15. The SMILES string of the molecule is CCOc1ccc(CN2CCC3(CC2)N=C(c2ccccc2)NC3=O)cc1OCC. The zero-order chi connectivity index (χ0) is 21.0. The molecule has 2 aliphatic heterocycles. The maximum atomic E-state index is 12.7. The number of benzene rings is 2. The van der Waals surface area contributed by atoms with E-state index in [0.29, 0.717) is 19.0 Å². The molecular weight excluding hydrogens is 378 g/mol. The Labute approximate surface area is 177 Å². The van der Waals surface area contributed by atoms with Gasteiger partial charge in [0.15, 0.2) is 11.5 Å². The van der Waals surface area contributed by atoms with Crippen LogP contribution in [-0.4, -0.2) is 48.5 Å². The van der Waals surface area contributed by atoms with Crippen LogP contribution in [0.3, 0.4) is 0 Å². The van der Waals surface area contributed by atoms with Crippen molar-refractivity contribution < 1.29 is 14.3 Å². The van der Waals surface area contributed by atoms with Gasteiger partial charge < -0.3 is 14.8 Å². The number of piperidine rings is 1. The number of carbonyl (C=O) groups excluding carboxylic acids is 1. The third kappa shape index (κ3) is 4.19. The normalized spacial score (nSPS) is 18.2. The first-order chi connectivity index (χ1) is 14.6. The largest absolute Gasteiger partial charge is 0.490 e. The maximum absolute atomic E-state index is 12.7. The molecule has 0 unspecified atom stereocenters. The van der Waals surface area contributed by atoms with E-state index in [4.69, 9.17) is 14.5 Å². The Balaban J connectivity index is 1.42. The fourth-order valence-corrected chi connectivity index (χ4v) is 4.12. The van der Waals surface area contributed by atoms with Crippen LogP contribution < -0.4 is 14.8 Å². The highest BCUT2D eigenvalue weighted by Gasteiger charge is 2.45. The molecule has 4 rings (SSSR count). The fourth-order valence-electron chi connectivity index (χ4n) is 4.12. The number of amides is 1. The van der Waals surface area contributed by atoms with Crippen LogP contribution in [-0.2, 0) is 11.3 Å². The minimum atomic E-state index is -0.628. The van der Waals surface area contributed by atoms with E-state index in [1.807, 2.05) is 50.2 Å². The van der Waals surface area contributed by atoms with E-state index >= 15 is 0 Å². The van der Waals surface area contributed by atoms with Gasteiger partial charge in [-0.25, -0.2) is 0 Å². The standard InChI is InChI=1S/C24H29N3O3/c1-3-29-20-11-10-18(16-21(20)30-4-2)17-27-14-12-24(13-15-27)23(28)25-22(26-24)19-8-6-5-7-9-19/h5-11,16H,3-4,12-15,17H2,1-2H3,(H,25,26,28). The highest BCUT2D eigenvalue weighted by Crippen LogP contribution is 2.33. The van der Waals surface area contributed by atoms with Gasteiger partial charge in [0.05, 0.1) is 13.2 Å². The third-order valence-electron chi connectivity index (χ3n) is 5.72. The Morgan fingerprint density at radius 3 is 2.40 bits per heavy atom. The minimum absolute atomic E-state index is 0.0284. The summed E-state index contributed by atoms with van der Waals surface area (Å²) in [5, 5.41) is 3.00. The molecule has 1 fully saturated rings. The van der Waals surface area contributed by atoms with Gasteiger partial charge in [0.1, 0.15) is 11.4 Å². The first-order valence-electron chi connectivity index (χ1n) is 10.7. The second-order valence-corrected chi connectivity index (χ2v) is 7.74. The van der Waals surface area contributed by atoms with E-state index in [2.05, 4.69) is 22.3 Å². The zero-order valence-corrected chi connectivity index (χ0v) is 17.7. The summed E-state index contributed by atoms with van der Waals surface area (Å²) in [6, 6.07) is 16.0. The summed E-state index contributed by atoms with van der Waals surface area (Å²) in [6.45, 7) is 7.64. The first-order valence-corrected chi connectivity index (χ1v) is 10.7. The number of carbonyl (C=O) groups is 1. The van der Waals surface area contributed by atoms with Crippen molar-refractivity contribution in [3.8, 4) is 11.5 Å². The van der Waals surface area contributed by atoms with Crippen molar-refractivity contribution in [2.75, 3.05) is 26.3 Å². The average molecular weight is 408 g/mol.